The number of nitrogens with two attached hydrogens (primary N) is 1. The van der Waals surface area contributed by atoms with E-state index in [1.165, 1.54) is 5.56 Å². The summed E-state index contributed by atoms with van der Waals surface area (Å²) in [6, 6.07) is 18.1. The van der Waals surface area contributed by atoms with Crippen LogP contribution in [0.1, 0.15) is 29.8 Å². The topological polar surface area (TPSA) is 72.9 Å². The Balaban J connectivity index is 1.42. The number of aryl methyl sites for hydroxylation is 3. The van der Waals surface area contributed by atoms with E-state index in [9.17, 15) is 4.79 Å². The molecule has 27 heavy (non-hydrogen) atoms. The summed E-state index contributed by atoms with van der Waals surface area (Å²) in [5.41, 5.74) is 9.01. The van der Waals surface area contributed by atoms with Gasteiger partial charge in [0.2, 0.25) is 5.91 Å². The molecule has 1 heterocycles. The number of aromatic nitrogens is 2. The maximum atomic E-state index is 12.1. The van der Waals surface area contributed by atoms with Crippen molar-refractivity contribution >= 4 is 11.6 Å². The van der Waals surface area contributed by atoms with Crippen LogP contribution in [0.15, 0.2) is 67.0 Å². The summed E-state index contributed by atoms with van der Waals surface area (Å²) in [6.07, 6.45) is 6.89. The van der Waals surface area contributed by atoms with E-state index in [-0.39, 0.29) is 5.91 Å². The number of anilines is 1. The van der Waals surface area contributed by atoms with Crippen LogP contribution < -0.4 is 11.1 Å². The summed E-state index contributed by atoms with van der Waals surface area (Å²) in [5, 5.41) is 2.96. The summed E-state index contributed by atoms with van der Waals surface area (Å²) < 4.78 is 2.11. The number of nitrogens with zero attached hydrogens (tertiary/aromatic N) is 2. The molecule has 3 aromatic rings. The number of carbonyl (C=O) groups is 1. The molecule has 0 saturated carbocycles. The van der Waals surface area contributed by atoms with Crippen LogP contribution >= 0.6 is 0 Å². The number of benzene rings is 2. The van der Waals surface area contributed by atoms with Gasteiger partial charge in [-0.25, -0.2) is 4.98 Å². The number of hydrogen-bond donors (Lipinski definition) is 2. The molecule has 0 unspecified atom stereocenters. The minimum atomic E-state index is 0.0112. The monoisotopic (exact) mass is 362 g/mol. The molecule has 2 aromatic carbocycles. The third-order valence-corrected chi connectivity index (χ3v) is 4.63. The minimum absolute atomic E-state index is 0.0112. The maximum absolute atomic E-state index is 12.1. The molecule has 0 bridgehead atoms. The van der Waals surface area contributed by atoms with Gasteiger partial charge in [-0.3, -0.25) is 4.79 Å². The molecule has 5 heteroatoms. The smallest absolute Gasteiger partial charge is 0.220 e. The number of carbonyl (C=O) groups excluding carboxylic acids is 1. The van der Waals surface area contributed by atoms with Crippen molar-refractivity contribution in [3.8, 4) is 0 Å². The summed E-state index contributed by atoms with van der Waals surface area (Å²) in [5.74, 6) is 0.896. The van der Waals surface area contributed by atoms with E-state index in [1.54, 1.807) is 6.20 Å². The highest BCUT2D eigenvalue weighted by molar-refractivity contribution is 5.76. The van der Waals surface area contributed by atoms with E-state index in [1.807, 2.05) is 36.5 Å². The van der Waals surface area contributed by atoms with E-state index in [2.05, 4.69) is 39.1 Å². The summed E-state index contributed by atoms with van der Waals surface area (Å²) in [6.45, 7) is 1.34. The second kappa shape index (κ2) is 9.57. The molecule has 0 fully saturated rings. The quantitative estimate of drug-likeness (QED) is 0.573. The molecule has 1 aromatic heterocycles. The molecule has 5 nitrogen and oxygen atoms in total. The van der Waals surface area contributed by atoms with Crippen LogP contribution in [0.3, 0.4) is 0 Å². The predicted octanol–water partition coefficient (Wildman–Crippen LogP) is 3.35. The summed E-state index contributed by atoms with van der Waals surface area (Å²) in [7, 11) is 0. The van der Waals surface area contributed by atoms with Gasteiger partial charge in [0.1, 0.15) is 5.82 Å². The standard InChI is InChI=1S/C22H26N4O/c23-20-11-5-4-10-19(20)12-13-22(27)25-17-21-24-14-16-26(21)15-6-9-18-7-2-1-3-8-18/h1-5,7-8,10-11,14,16H,6,9,12-13,15,17,23H2,(H,25,27). The van der Waals surface area contributed by atoms with Crippen LogP contribution in [0, 0.1) is 0 Å². The van der Waals surface area contributed by atoms with Crippen molar-refractivity contribution in [2.24, 2.45) is 0 Å². The van der Waals surface area contributed by atoms with Gasteiger partial charge in [-0.05, 0) is 36.5 Å². The van der Waals surface area contributed by atoms with Gasteiger partial charge in [0.05, 0.1) is 6.54 Å². The Labute approximate surface area is 160 Å². The minimum Gasteiger partial charge on any atom is -0.399 e. The third-order valence-electron chi connectivity index (χ3n) is 4.63. The fourth-order valence-electron chi connectivity index (χ4n) is 3.09. The lowest BCUT2D eigenvalue weighted by molar-refractivity contribution is -0.121. The Hall–Kier alpha value is -3.08. The van der Waals surface area contributed by atoms with E-state index >= 15 is 0 Å². The Bertz CT molecular complexity index is 858. The van der Waals surface area contributed by atoms with E-state index in [4.69, 9.17) is 5.73 Å². The number of imidazole rings is 1. The Morgan fingerprint density at radius 2 is 1.81 bits per heavy atom. The van der Waals surface area contributed by atoms with E-state index in [0.29, 0.717) is 19.4 Å². The fraction of sp³-hybridized carbons (Fsp3) is 0.273. The van der Waals surface area contributed by atoms with Crippen molar-refractivity contribution in [3.63, 3.8) is 0 Å². The summed E-state index contributed by atoms with van der Waals surface area (Å²) in [4.78, 5) is 16.5. The average Bonchev–Trinajstić information content (AvgIpc) is 3.14. The van der Waals surface area contributed by atoms with Gasteiger partial charge in [-0.1, -0.05) is 48.5 Å². The molecule has 0 spiro atoms. The zero-order valence-electron chi connectivity index (χ0n) is 15.5. The number of amides is 1. The first kappa shape index (κ1) is 18.7. The van der Waals surface area contributed by atoms with Crippen LogP contribution in [-0.2, 0) is 30.7 Å². The van der Waals surface area contributed by atoms with Crippen molar-refractivity contribution < 1.29 is 4.79 Å². The highest BCUT2D eigenvalue weighted by Crippen LogP contribution is 2.12. The molecule has 0 atom stereocenters. The first-order valence-corrected chi connectivity index (χ1v) is 9.36. The van der Waals surface area contributed by atoms with Gasteiger partial charge in [-0.2, -0.15) is 0 Å². The van der Waals surface area contributed by atoms with Crippen molar-refractivity contribution in [2.75, 3.05) is 5.73 Å². The molecule has 3 N–H and O–H groups in total. The maximum Gasteiger partial charge on any atom is 0.220 e. The van der Waals surface area contributed by atoms with Crippen LogP contribution in [0.4, 0.5) is 5.69 Å². The van der Waals surface area contributed by atoms with E-state index < -0.39 is 0 Å². The van der Waals surface area contributed by atoms with Crippen molar-refractivity contribution in [2.45, 2.75) is 38.8 Å². The normalized spacial score (nSPS) is 10.7. The number of nitrogen functional groups attached to an aromatic ring is 1. The van der Waals surface area contributed by atoms with Crippen molar-refractivity contribution in [3.05, 3.63) is 83.9 Å². The second-order valence-corrected chi connectivity index (χ2v) is 6.60. The van der Waals surface area contributed by atoms with Gasteiger partial charge < -0.3 is 15.6 Å². The number of para-hydroxylation sites is 1. The molecule has 0 radical (unpaired) electrons. The number of hydrogen-bond acceptors (Lipinski definition) is 3. The van der Waals surface area contributed by atoms with Crippen molar-refractivity contribution in [1.29, 1.82) is 0 Å². The summed E-state index contributed by atoms with van der Waals surface area (Å²) >= 11 is 0. The molecule has 3 rings (SSSR count). The number of nitrogens with one attached hydrogen (secondary N) is 1. The largest absolute Gasteiger partial charge is 0.399 e. The Kier molecular flexibility index (Phi) is 6.63. The first-order valence-electron chi connectivity index (χ1n) is 9.36. The van der Waals surface area contributed by atoms with Gasteiger partial charge in [-0.15, -0.1) is 0 Å². The number of rotatable bonds is 9. The van der Waals surface area contributed by atoms with Gasteiger partial charge in [0.25, 0.3) is 0 Å². The molecular formula is C22H26N4O. The predicted molar refractivity (Wildman–Crippen MR) is 108 cm³/mol. The van der Waals surface area contributed by atoms with Crippen LogP contribution in [0.5, 0.6) is 0 Å². The van der Waals surface area contributed by atoms with Crippen LogP contribution in [0.25, 0.3) is 0 Å². The highest BCUT2D eigenvalue weighted by Gasteiger charge is 2.07. The zero-order valence-corrected chi connectivity index (χ0v) is 15.5. The first-order chi connectivity index (χ1) is 13.2. The molecular weight excluding hydrogens is 336 g/mol. The molecule has 0 saturated heterocycles. The molecule has 0 aliphatic heterocycles. The van der Waals surface area contributed by atoms with E-state index in [0.717, 1.165) is 36.5 Å². The molecule has 0 aliphatic carbocycles. The molecule has 140 valence electrons. The Morgan fingerprint density at radius 1 is 1.04 bits per heavy atom. The molecule has 0 aliphatic rings. The lowest BCUT2D eigenvalue weighted by Crippen LogP contribution is -2.25. The zero-order chi connectivity index (χ0) is 18.9. The SMILES string of the molecule is Nc1ccccc1CCC(=O)NCc1nccn1CCCc1ccccc1. The molecule has 1 amide bonds. The third kappa shape index (κ3) is 5.71. The highest BCUT2D eigenvalue weighted by atomic mass is 16.1. The lowest BCUT2D eigenvalue weighted by Gasteiger charge is -2.10. The van der Waals surface area contributed by atoms with Crippen LogP contribution in [-0.4, -0.2) is 15.5 Å². The van der Waals surface area contributed by atoms with Gasteiger partial charge in [0.15, 0.2) is 0 Å². The Morgan fingerprint density at radius 3 is 2.63 bits per heavy atom. The fourth-order valence-corrected chi connectivity index (χ4v) is 3.09. The van der Waals surface area contributed by atoms with Crippen molar-refractivity contribution in [1.82, 2.24) is 14.9 Å². The second-order valence-electron chi connectivity index (χ2n) is 6.60. The van der Waals surface area contributed by atoms with Crippen LogP contribution in [0.2, 0.25) is 0 Å². The lowest BCUT2D eigenvalue weighted by atomic mass is 10.1. The average molecular weight is 362 g/mol. The van der Waals surface area contributed by atoms with Gasteiger partial charge >= 0.3 is 0 Å². The van der Waals surface area contributed by atoms with Gasteiger partial charge in [0, 0.05) is 31.0 Å².